The fourth-order valence-corrected chi connectivity index (χ4v) is 1.86. The lowest BCUT2D eigenvalue weighted by atomic mass is 10.1. The largest absolute Gasteiger partial charge is 0.386 e. The van der Waals surface area contributed by atoms with E-state index < -0.39 is 11.9 Å². The number of aliphatic hydroxyl groups is 1. The molecule has 0 radical (unpaired) electrons. The molecule has 0 fully saturated rings. The Labute approximate surface area is 101 Å². The van der Waals surface area contributed by atoms with E-state index in [1.165, 1.54) is 6.07 Å². The monoisotopic (exact) mass is 284 g/mol. The molecule has 2 aromatic rings. The summed E-state index contributed by atoms with van der Waals surface area (Å²) in [7, 11) is 0. The molecular formula is C11H10BrFN2O. The van der Waals surface area contributed by atoms with Crippen molar-refractivity contribution in [3.05, 3.63) is 52.8 Å². The lowest BCUT2D eigenvalue weighted by Crippen LogP contribution is -2.09. The summed E-state index contributed by atoms with van der Waals surface area (Å²) in [5.74, 6) is -0.397. The molecule has 0 spiro atoms. The summed E-state index contributed by atoms with van der Waals surface area (Å²) in [6.07, 6.45) is 2.44. The minimum atomic E-state index is -0.883. The highest BCUT2D eigenvalue weighted by atomic mass is 79.9. The molecule has 84 valence electrons. The average Bonchev–Trinajstić information content (AvgIpc) is 2.65. The summed E-state index contributed by atoms with van der Waals surface area (Å²) in [4.78, 5) is 3.96. The van der Waals surface area contributed by atoms with Crippen molar-refractivity contribution in [2.45, 2.75) is 12.6 Å². The summed E-state index contributed by atoms with van der Waals surface area (Å²) in [6.45, 7) is 0.265. The van der Waals surface area contributed by atoms with Crippen LogP contribution >= 0.6 is 15.9 Å². The van der Waals surface area contributed by atoms with E-state index in [4.69, 9.17) is 0 Å². The Kier molecular flexibility index (Phi) is 3.36. The molecule has 16 heavy (non-hydrogen) atoms. The highest BCUT2D eigenvalue weighted by Crippen LogP contribution is 2.19. The second-order valence-corrected chi connectivity index (χ2v) is 4.10. The molecule has 2 rings (SSSR count). The first-order chi connectivity index (χ1) is 7.68. The summed E-state index contributed by atoms with van der Waals surface area (Å²) in [5, 5.41) is 9.89. The molecule has 1 N–H and O–H groups in total. The van der Waals surface area contributed by atoms with Crippen LogP contribution in [0, 0.1) is 5.82 Å². The van der Waals surface area contributed by atoms with Crippen molar-refractivity contribution in [3.63, 3.8) is 0 Å². The molecule has 1 aromatic carbocycles. The Hall–Kier alpha value is -1.20. The lowest BCUT2D eigenvalue weighted by molar-refractivity contribution is 0.151. The molecule has 0 amide bonds. The third-order valence-corrected chi connectivity index (χ3v) is 2.96. The second-order valence-electron chi connectivity index (χ2n) is 3.39. The maximum absolute atomic E-state index is 13.4. The molecule has 1 heterocycles. The fraction of sp³-hybridized carbons (Fsp3) is 0.182. The maximum atomic E-state index is 13.4. The highest BCUT2D eigenvalue weighted by molar-refractivity contribution is 9.10. The first-order valence-electron chi connectivity index (χ1n) is 4.77. The zero-order valence-electron chi connectivity index (χ0n) is 8.35. The Morgan fingerprint density at radius 3 is 2.81 bits per heavy atom. The van der Waals surface area contributed by atoms with E-state index in [2.05, 4.69) is 20.9 Å². The summed E-state index contributed by atoms with van der Waals surface area (Å²) in [6, 6.07) is 6.20. The van der Waals surface area contributed by atoms with Crippen LogP contribution in [0.4, 0.5) is 4.39 Å². The number of aliphatic hydroxyl groups excluding tert-OH is 1. The summed E-state index contributed by atoms with van der Waals surface area (Å²) < 4.78 is 15.7. The number of aromatic nitrogens is 2. The summed E-state index contributed by atoms with van der Waals surface area (Å²) in [5.41, 5.74) is 0.295. The van der Waals surface area contributed by atoms with Gasteiger partial charge in [-0.2, -0.15) is 0 Å². The van der Waals surface area contributed by atoms with E-state index in [0.29, 0.717) is 10.3 Å². The van der Waals surface area contributed by atoms with E-state index in [0.717, 1.165) is 0 Å². The zero-order chi connectivity index (χ0) is 11.5. The van der Waals surface area contributed by atoms with E-state index in [-0.39, 0.29) is 6.54 Å². The predicted molar refractivity (Wildman–Crippen MR) is 61.3 cm³/mol. The van der Waals surface area contributed by atoms with E-state index in [1.807, 2.05) is 0 Å². The van der Waals surface area contributed by atoms with Gasteiger partial charge in [0.2, 0.25) is 0 Å². The standard InChI is InChI=1S/C11H10BrFN2O/c12-11-14-5-6-15(11)7-10(16)8-3-1-2-4-9(8)13/h1-6,10,16H,7H2. The molecule has 0 bridgehead atoms. The topological polar surface area (TPSA) is 38.0 Å². The molecule has 0 saturated heterocycles. The van der Waals surface area contributed by atoms with Gasteiger partial charge in [-0.3, -0.25) is 0 Å². The van der Waals surface area contributed by atoms with Crippen molar-refractivity contribution >= 4 is 15.9 Å². The van der Waals surface area contributed by atoms with Gasteiger partial charge < -0.3 is 9.67 Å². The molecular weight excluding hydrogens is 275 g/mol. The number of hydrogen-bond donors (Lipinski definition) is 1. The number of nitrogens with zero attached hydrogens (tertiary/aromatic N) is 2. The zero-order valence-corrected chi connectivity index (χ0v) is 9.93. The van der Waals surface area contributed by atoms with Crippen LogP contribution in [0.5, 0.6) is 0 Å². The molecule has 3 nitrogen and oxygen atoms in total. The van der Waals surface area contributed by atoms with Crippen LogP contribution in [0.2, 0.25) is 0 Å². The number of halogens is 2. The van der Waals surface area contributed by atoms with Gasteiger partial charge in [-0.25, -0.2) is 9.37 Å². The third-order valence-electron chi connectivity index (χ3n) is 2.30. The third kappa shape index (κ3) is 2.31. The number of imidazole rings is 1. The van der Waals surface area contributed by atoms with Crippen molar-refractivity contribution in [2.24, 2.45) is 0 Å². The van der Waals surface area contributed by atoms with Crippen LogP contribution in [0.15, 0.2) is 41.4 Å². The number of benzene rings is 1. The highest BCUT2D eigenvalue weighted by Gasteiger charge is 2.13. The number of hydrogen-bond acceptors (Lipinski definition) is 2. The Morgan fingerprint density at radius 1 is 1.44 bits per heavy atom. The van der Waals surface area contributed by atoms with Gasteiger partial charge in [0, 0.05) is 18.0 Å². The van der Waals surface area contributed by atoms with E-state index in [1.54, 1.807) is 35.2 Å². The normalized spacial score (nSPS) is 12.7. The molecule has 0 saturated carbocycles. The molecule has 1 aromatic heterocycles. The average molecular weight is 285 g/mol. The van der Waals surface area contributed by atoms with Gasteiger partial charge in [0.15, 0.2) is 4.73 Å². The molecule has 1 atom stereocenters. The molecule has 5 heteroatoms. The van der Waals surface area contributed by atoms with Crippen molar-refractivity contribution < 1.29 is 9.50 Å². The lowest BCUT2D eigenvalue weighted by Gasteiger charge is -2.13. The van der Waals surface area contributed by atoms with Crippen LogP contribution in [-0.2, 0) is 6.54 Å². The maximum Gasteiger partial charge on any atom is 0.177 e. The molecule has 0 aliphatic heterocycles. The first kappa shape index (κ1) is 11.3. The van der Waals surface area contributed by atoms with Crippen molar-refractivity contribution in [2.75, 3.05) is 0 Å². The van der Waals surface area contributed by atoms with Gasteiger partial charge in [0.25, 0.3) is 0 Å². The Morgan fingerprint density at radius 2 is 2.19 bits per heavy atom. The SMILES string of the molecule is OC(Cn1ccnc1Br)c1ccccc1F. The van der Waals surface area contributed by atoms with Gasteiger partial charge in [-0.05, 0) is 22.0 Å². The fourth-order valence-electron chi connectivity index (χ4n) is 1.48. The van der Waals surface area contributed by atoms with Gasteiger partial charge in [-0.15, -0.1) is 0 Å². The van der Waals surface area contributed by atoms with Gasteiger partial charge in [-0.1, -0.05) is 18.2 Å². The van der Waals surface area contributed by atoms with Crippen molar-refractivity contribution in [1.82, 2.24) is 9.55 Å². The van der Waals surface area contributed by atoms with Crippen LogP contribution in [-0.4, -0.2) is 14.7 Å². The van der Waals surface area contributed by atoms with Crippen LogP contribution in [0.25, 0.3) is 0 Å². The predicted octanol–water partition coefficient (Wildman–Crippen LogP) is 2.52. The van der Waals surface area contributed by atoms with Crippen molar-refractivity contribution in [3.8, 4) is 0 Å². The van der Waals surface area contributed by atoms with Gasteiger partial charge in [0.1, 0.15) is 5.82 Å². The minimum Gasteiger partial charge on any atom is -0.386 e. The quantitative estimate of drug-likeness (QED) is 0.941. The Bertz CT molecular complexity index is 486. The molecule has 1 unspecified atom stereocenters. The second kappa shape index (κ2) is 4.76. The number of rotatable bonds is 3. The molecule has 0 aliphatic rings. The van der Waals surface area contributed by atoms with Crippen LogP contribution in [0.3, 0.4) is 0 Å². The summed E-state index contributed by atoms with van der Waals surface area (Å²) >= 11 is 3.23. The smallest absolute Gasteiger partial charge is 0.177 e. The van der Waals surface area contributed by atoms with Crippen LogP contribution in [0.1, 0.15) is 11.7 Å². The molecule has 0 aliphatic carbocycles. The van der Waals surface area contributed by atoms with Gasteiger partial charge in [0.05, 0.1) is 12.6 Å². The van der Waals surface area contributed by atoms with Crippen molar-refractivity contribution in [1.29, 1.82) is 0 Å². The van der Waals surface area contributed by atoms with Crippen LogP contribution < -0.4 is 0 Å². The van der Waals surface area contributed by atoms with Gasteiger partial charge >= 0.3 is 0 Å². The minimum absolute atomic E-state index is 0.265. The first-order valence-corrected chi connectivity index (χ1v) is 5.57. The Balaban J connectivity index is 2.18. The van der Waals surface area contributed by atoms with E-state index >= 15 is 0 Å². The van der Waals surface area contributed by atoms with E-state index in [9.17, 15) is 9.50 Å².